The van der Waals surface area contributed by atoms with Crippen molar-refractivity contribution in [2.75, 3.05) is 13.2 Å². The number of fused-ring (bicyclic) bond motifs is 1. The first-order valence-corrected chi connectivity index (χ1v) is 7.88. The van der Waals surface area contributed by atoms with Crippen molar-refractivity contribution in [3.8, 4) is 0 Å². The Morgan fingerprint density at radius 2 is 1.96 bits per heavy atom. The number of nitrogens with zero attached hydrogens (tertiary/aromatic N) is 3. The van der Waals surface area contributed by atoms with Crippen molar-refractivity contribution in [3.63, 3.8) is 0 Å². The number of hydrogen-bond acceptors (Lipinski definition) is 5. The van der Waals surface area contributed by atoms with Crippen LogP contribution in [0.5, 0.6) is 0 Å². The van der Waals surface area contributed by atoms with Crippen LogP contribution in [-0.2, 0) is 22.3 Å². The van der Waals surface area contributed by atoms with Crippen LogP contribution < -0.4 is 11.1 Å². The van der Waals surface area contributed by atoms with Crippen LogP contribution in [0.1, 0.15) is 24.2 Å². The third-order valence-corrected chi connectivity index (χ3v) is 4.30. The Morgan fingerprint density at radius 1 is 1.30 bits per heavy atom. The molecule has 1 atom stereocenters. The number of ether oxygens (including phenoxy) is 1. The monoisotopic (exact) mass is 429 g/mol. The topological polar surface area (TPSA) is 94.5 Å². The fourth-order valence-electron chi connectivity index (χ4n) is 2.80. The molecule has 0 bridgehead atoms. The molecule has 2 aromatic heterocycles. The second-order valence-corrected chi connectivity index (χ2v) is 5.95. The van der Waals surface area contributed by atoms with E-state index < -0.39 is 17.8 Å². The van der Waals surface area contributed by atoms with E-state index in [1.807, 2.05) is 0 Å². The lowest BCUT2D eigenvalue weighted by molar-refractivity contribution is -0.137. The first kappa shape index (κ1) is 23.4. The van der Waals surface area contributed by atoms with Gasteiger partial charge in [-0.15, -0.1) is 35.0 Å². The van der Waals surface area contributed by atoms with Gasteiger partial charge in [0.25, 0.3) is 0 Å². The maximum absolute atomic E-state index is 12.8. The van der Waals surface area contributed by atoms with Crippen molar-refractivity contribution in [1.82, 2.24) is 19.9 Å². The van der Waals surface area contributed by atoms with Gasteiger partial charge in [-0.25, -0.2) is 0 Å². The predicted octanol–water partition coefficient (Wildman–Crippen LogP) is 1.96. The number of rotatable bonds is 4. The van der Waals surface area contributed by atoms with Crippen molar-refractivity contribution >= 4 is 36.4 Å². The lowest BCUT2D eigenvalue weighted by atomic mass is 9.92. The molecule has 0 radical (unpaired) electrons. The van der Waals surface area contributed by atoms with E-state index >= 15 is 0 Å². The summed E-state index contributed by atoms with van der Waals surface area (Å²) in [5, 5.41) is 10.3. The predicted molar refractivity (Wildman–Crippen MR) is 95.9 cm³/mol. The fraction of sp³-hybridized carbons (Fsp3) is 0.533. The minimum atomic E-state index is -4.47. The second-order valence-electron chi connectivity index (χ2n) is 5.95. The summed E-state index contributed by atoms with van der Waals surface area (Å²) in [4.78, 5) is 12.2. The van der Waals surface area contributed by atoms with E-state index in [9.17, 15) is 18.0 Å². The first-order valence-electron chi connectivity index (χ1n) is 7.88. The Balaban J connectivity index is 0.00000182. The van der Waals surface area contributed by atoms with E-state index in [-0.39, 0.29) is 54.7 Å². The van der Waals surface area contributed by atoms with Gasteiger partial charge in [0, 0.05) is 19.4 Å². The van der Waals surface area contributed by atoms with Crippen molar-refractivity contribution in [2.45, 2.75) is 31.6 Å². The van der Waals surface area contributed by atoms with Crippen LogP contribution in [0, 0.1) is 5.92 Å². The molecule has 12 heteroatoms. The van der Waals surface area contributed by atoms with E-state index in [0.717, 1.165) is 12.3 Å². The van der Waals surface area contributed by atoms with Gasteiger partial charge in [0.2, 0.25) is 5.91 Å². The molecule has 3 N–H and O–H groups in total. The van der Waals surface area contributed by atoms with Crippen LogP contribution in [0.15, 0.2) is 18.3 Å². The molecule has 3 rings (SSSR count). The van der Waals surface area contributed by atoms with Crippen molar-refractivity contribution in [3.05, 3.63) is 29.7 Å². The molecular formula is C15H20Cl2F3N5O2. The van der Waals surface area contributed by atoms with E-state index in [4.69, 9.17) is 10.5 Å². The number of amides is 1. The van der Waals surface area contributed by atoms with Gasteiger partial charge in [0.1, 0.15) is 0 Å². The number of nitrogens with one attached hydrogen (secondary N) is 1. The number of nitrogens with two attached hydrogens (primary N) is 1. The normalized spacial score (nSPS) is 16.3. The number of alkyl halides is 3. The standard InChI is InChI=1S/C15H18F3N5O2.2ClH/c16-15(17,18)10-1-2-11-21-22-12(23(11)8-10)7-20-14(24)13(19)9-3-5-25-6-4-9;;/h1-2,8-9,13H,3-7,19H2,(H,20,24);2*1H. The van der Waals surface area contributed by atoms with Gasteiger partial charge in [0.15, 0.2) is 11.5 Å². The van der Waals surface area contributed by atoms with Crippen LogP contribution in [0.25, 0.3) is 5.65 Å². The van der Waals surface area contributed by atoms with Crippen molar-refractivity contribution in [2.24, 2.45) is 11.7 Å². The number of pyridine rings is 1. The molecule has 0 aliphatic carbocycles. The molecule has 0 saturated carbocycles. The Morgan fingerprint density at radius 3 is 2.59 bits per heavy atom. The molecule has 1 saturated heterocycles. The summed E-state index contributed by atoms with van der Waals surface area (Å²) >= 11 is 0. The zero-order valence-electron chi connectivity index (χ0n) is 14.1. The molecule has 1 aliphatic heterocycles. The largest absolute Gasteiger partial charge is 0.417 e. The second kappa shape index (κ2) is 9.54. The molecule has 0 spiro atoms. The first-order chi connectivity index (χ1) is 11.9. The summed E-state index contributed by atoms with van der Waals surface area (Å²) in [5.74, 6) is -0.134. The number of halogens is 5. The van der Waals surface area contributed by atoms with Crippen LogP contribution in [0.2, 0.25) is 0 Å². The van der Waals surface area contributed by atoms with Gasteiger partial charge >= 0.3 is 6.18 Å². The SMILES string of the molecule is Cl.Cl.NC(C(=O)NCc1nnc2ccc(C(F)(F)F)cn12)C1CCOCC1. The van der Waals surface area contributed by atoms with Gasteiger partial charge < -0.3 is 15.8 Å². The van der Waals surface area contributed by atoms with Crippen molar-refractivity contribution < 1.29 is 22.7 Å². The minimum absolute atomic E-state index is 0. The van der Waals surface area contributed by atoms with Gasteiger partial charge in [-0.3, -0.25) is 9.20 Å². The summed E-state index contributed by atoms with van der Waals surface area (Å²) in [5.41, 5.74) is 5.42. The summed E-state index contributed by atoms with van der Waals surface area (Å²) in [6, 6.07) is 1.48. The lowest BCUT2D eigenvalue weighted by Gasteiger charge is -2.26. The average molecular weight is 430 g/mol. The zero-order chi connectivity index (χ0) is 18.0. The summed E-state index contributed by atoms with van der Waals surface area (Å²) in [6.07, 6.45) is -2.14. The smallest absolute Gasteiger partial charge is 0.381 e. The summed E-state index contributed by atoms with van der Waals surface area (Å²) in [7, 11) is 0. The Bertz CT molecular complexity index is 765. The molecule has 0 aromatic carbocycles. The Kier molecular flexibility index (Phi) is 8.27. The highest BCUT2D eigenvalue weighted by molar-refractivity contribution is 5.85. The van der Waals surface area contributed by atoms with E-state index in [2.05, 4.69) is 15.5 Å². The van der Waals surface area contributed by atoms with E-state index in [1.54, 1.807) is 0 Å². The third kappa shape index (κ3) is 5.44. The fourth-order valence-corrected chi connectivity index (χ4v) is 2.80. The molecule has 152 valence electrons. The Labute approximate surface area is 165 Å². The third-order valence-electron chi connectivity index (χ3n) is 4.30. The highest BCUT2D eigenvalue weighted by Crippen LogP contribution is 2.29. The lowest BCUT2D eigenvalue weighted by Crippen LogP contribution is -2.47. The quantitative estimate of drug-likeness (QED) is 0.774. The average Bonchev–Trinajstić information content (AvgIpc) is 3.01. The summed E-state index contributed by atoms with van der Waals surface area (Å²) < 4.78 is 44.9. The van der Waals surface area contributed by atoms with Gasteiger partial charge in [-0.05, 0) is 30.9 Å². The molecular weight excluding hydrogens is 410 g/mol. The molecule has 2 aromatic rings. The van der Waals surface area contributed by atoms with E-state index in [1.165, 1.54) is 10.5 Å². The molecule has 1 aliphatic rings. The molecule has 27 heavy (non-hydrogen) atoms. The van der Waals surface area contributed by atoms with Gasteiger partial charge in [-0.2, -0.15) is 13.2 Å². The zero-order valence-corrected chi connectivity index (χ0v) is 15.7. The number of carbonyl (C=O) groups is 1. The minimum Gasteiger partial charge on any atom is -0.381 e. The summed E-state index contributed by atoms with van der Waals surface area (Å²) in [6.45, 7) is 1.08. The number of carbonyl (C=O) groups excluding carboxylic acids is 1. The molecule has 1 amide bonds. The van der Waals surface area contributed by atoms with Crippen LogP contribution in [-0.4, -0.2) is 39.8 Å². The maximum atomic E-state index is 12.8. The van der Waals surface area contributed by atoms with Gasteiger partial charge in [-0.1, -0.05) is 0 Å². The van der Waals surface area contributed by atoms with E-state index in [0.29, 0.717) is 26.1 Å². The molecule has 1 unspecified atom stereocenters. The molecule has 7 nitrogen and oxygen atoms in total. The van der Waals surface area contributed by atoms with Gasteiger partial charge in [0.05, 0.1) is 18.2 Å². The Hall–Kier alpha value is -1.62. The van der Waals surface area contributed by atoms with Crippen molar-refractivity contribution in [1.29, 1.82) is 0 Å². The number of aromatic nitrogens is 3. The number of hydrogen-bond donors (Lipinski definition) is 2. The molecule has 3 heterocycles. The highest BCUT2D eigenvalue weighted by atomic mass is 35.5. The van der Waals surface area contributed by atoms with Crippen LogP contribution >= 0.6 is 24.8 Å². The van der Waals surface area contributed by atoms with Crippen LogP contribution in [0.4, 0.5) is 13.2 Å². The highest BCUT2D eigenvalue weighted by Gasteiger charge is 2.31. The molecule has 1 fully saturated rings. The maximum Gasteiger partial charge on any atom is 0.417 e. The van der Waals surface area contributed by atoms with Crippen LogP contribution in [0.3, 0.4) is 0 Å².